The first-order chi connectivity index (χ1) is 5.07. The summed E-state index contributed by atoms with van der Waals surface area (Å²) in [6, 6.07) is 0. The third-order valence-electron chi connectivity index (χ3n) is 0.789. The molecule has 0 bridgehead atoms. The summed E-state index contributed by atoms with van der Waals surface area (Å²) in [5, 5.41) is -0.717. The van der Waals surface area contributed by atoms with Gasteiger partial charge in [0.15, 0.2) is 0 Å². The van der Waals surface area contributed by atoms with Gasteiger partial charge in [0.2, 0.25) is 0 Å². The lowest BCUT2D eigenvalue weighted by atomic mass is 9.99. The third kappa shape index (κ3) is 4.39. The van der Waals surface area contributed by atoms with E-state index in [0.717, 1.165) is 6.20 Å². The van der Waals surface area contributed by atoms with E-state index in [1.807, 2.05) is 0 Å². The number of hydrogen-bond acceptors (Lipinski definition) is 3. The van der Waals surface area contributed by atoms with E-state index in [4.69, 9.17) is 25.2 Å². The van der Waals surface area contributed by atoms with Gasteiger partial charge in [-0.3, -0.25) is 9.79 Å². The summed E-state index contributed by atoms with van der Waals surface area (Å²) >= 11 is 5.01. The van der Waals surface area contributed by atoms with Crippen LogP contribution in [0.4, 0.5) is 0 Å². The molecule has 0 atom stereocenters. The molecule has 5 heteroatoms. The van der Waals surface area contributed by atoms with Gasteiger partial charge in [-0.1, -0.05) is 12.1 Å². The van der Waals surface area contributed by atoms with Crippen molar-refractivity contribution in [1.29, 1.82) is 0 Å². The summed E-state index contributed by atoms with van der Waals surface area (Å²) in [5.41, 5.74) is 5.18. The maximum atomic E-state index is 10.3. The summed E-state index contributed by atoms with van der Waals surface area (Å²) in [5.74, 6) is 0. The summed E-state index contributed by atoms with van der Waals surface area (Å²) in [4.78, 5) is 13.8. The molecule has 0 unspecified atom stereocenters. The van der Waals surface area contributed by atoms with Crippen LogP contribution in [0.1, 0.15) is 0 Å². The molecule has 0 spiro atoms. The number of nitrogens with zero attached hydrogens (tertiary/aromatic N) is 1. The van der Waals surface area contributed by atoms with Gasteiger partial charge in [-0.25, -0.2) is 0 Å². The van der Waals surface area contributed by atoms with Crippen molar-refractivity contribution < 1.29 is 4.79 Å². The molecule has 0 fully saturated rings. The normalized spacial score (nSPS) is 11.9. The average Bonchev–Trinajstić information content (AvgIpc) is 1.99. The predicted molar refractivity (Wildman–Crippen MR) is 46.5 cm³/mol. The van der Waals surface area contributed by atoms with Crippen LogP contribution in [0.2, 0.25) is 0 Å². The molecule has 0 heterocycles. The van der Waals surface area contributed by atoms with Crippen molar-refractivity contribution in [3.05, 3.63) is 23.9 Å². The van der Waals surface area contributed by atoms with Gasteiger partial charge in [0.05, 0.1) is 0 Å². The van der Waals surface area contributed by atoms with Crippen molar-refractivity contribution in [1.82, 2.24) is 0 Å². The van der Waals surface area contributed by atoms with Crippen molar-refractivity contribution in [2.24, 2.45) is 10.7 Å². The van der Waals surface area contributed by atoms with Crippen LogP contribution in [-0.2, 0) is 4.79 Å². The van der Waals surface area contributed by atoms with Gasteiger partial charge in [0.25, 0.3) is 5.24 Å². The van der Waals surface area contributed by atoms with Crippen LogP contribution >= 0.6 is 11.6 Å². The smallest absolute Gasteiger partial charge is 0.270 e. The highest BCUT2D eigenvalue weighted by atomic mass is 35.5. The van der Waals surface area contributed by atoms with Gasteiger partial charge >= 0.3 is 0 Å². The molecule has 0 aromatic carbocycles. The lowest BCUT2D eigenvalue weighted by Crippen LogP contribution is -1.92. The molecule has 56 valence electrons. The minimum atomic E-state index is -0.717. The second-order valence-corrected chi connectivity index (χ2v) is 1.99. The predicted octanol–water partition coefficient (Wildman–Crippen LogP) is 0.305. The van der Waals surface area contributed by atoms with Crippen molar-refractivity contribution in [3.63, 3.8) is 0 Å². The first-order valence-corrected chi connectivity index (χ1v) is 3.06. The summed E-state index contributed by atoms with van der Waals surface area (Å²) in [6.07, 6.45) is 2.35. The molecule has 0 aromatic heterocycles. The van der Waals surface area contributed by atoms with Crippen LogP contribution in [0, 0.1) is 0 Å². The number of nitrogens with two attached hydrogens (primary N) is 1. The zero-order chi connectivity index (χ0) is 8.85. The lowest BCUT2D eigenvalue weighted by Gasteiger charge is -1.89. The van der Waals surface area contributed by atoms with Crippen LogP contribution in [-0.4, -0.2) is 19.3 Å². The quantitative estimate of drug-likeness (QED) is 0.285. The van der Waals surface area contributed by atoms with Gasteiger partial charge in [0, 0.05) is 6.21 Å². The van der Waals surface area contributed by atoms with Crippen LogP contribution in [0.3, 0.4) is 0 Å². The van der Waals surface area contributed by atoms with Gasteiger partial charge < -0.3 is 5.73 Å². The Kier molecular flexibility index (Phi) is 4.30. The summed E-state index contributed by atoms with van der Waals surface area (Å²) in [7, 11) is 5.21. The Bertz CT molecular complexity index is 235. The fourth-order valence-electron chi connectivity index (χ4n) is 0.246. The van der Waals surface area contributed by atoms with E-state index in [9.17, 15) is 4.79 Å². The molecule has 0 saturated heterocycles. The monoisotopic (exact) mass is 168 g/mol. The van der Waals surface area contributed by atoms with E-state index in [-0.39, 0.29) is 11.2 Å². The summed E-state index contributed by atoms with van der Waals surface area (Å²) < 4.78 is 0. The minimum absolute atomic E-state index is 0.0727. The van der Waals surface area contributed by atoms with E-state index < -0.39 is 5.24 Å². The van der Waals surface area contributed by atoms with Crippen molar-refractivity contribution in [2.45, 2.75) is 0 Å². The Hall–Kier alpha value is -1.03. The maximum Gasteiger partial charge on any atom is 0.270 e. The van der Waals surface area contributed by atoms with Crippen LogP contribution in [0.25, 0.3) is 0 Å². The fourth-order valence-corrected chi connectivity index (χ4v) is 0.295. The molecule has 0 aliphatic heterocycles. The fraction of sp³-hybridized carbons (Fsp3) is 0. The highest BCUT2D eigenvalue weighted by Crippen LogP contribution is 1.97. The topological polar surface area (TPSA) is 55.5 Å². The molecule has 0 rings (SSSR count). The zero-order valence-corrected chi connectivity index (χ0v) is 6.51. The number of halogens is 1. The number of allylic oxidation sites excluding steroid dienone is 2. The minimum Gasteiger partial charge on any atom is -0.405 e. The lowest BCUT2D eigenvalue weighted by molar-refractivity contribution is -0.108. The van der Waals surface area contributed by atoms with Crippen LogP contribution < -0.4 is 5.73 Å². The molecule has 0 amide bonds. The molecule has 2 radical (unpaired) electrons. The van der Waals surface area contributed by atoms with E-state index >= 15 is 0 Å². The van der Waals surface area contributed by atoms with Crippen LogP contribution in [0.15, 0.2) is 28.9 Å². The Balaban J connectivity index is 4.15. The third-order valence-corrected chi connectivity index (χ3v) is 1.01. The molecule has 3 nitrogen and oxygen atoms in total. The molecular formula is C6H6BClN2O. The SMILES string of the molecule is [B]/C(C=NC(=C)C(=O)Cl)=C/N. The largest absolute Gasteiger partial charge is 0.405 e. The average molecular weight is 168 g/mol. The number of carbonyl (C=O) groups is 1. The van der Waals surface area contributed by atoms with Gasteiger partial charge in [0.1, 0.15) is 13.5 Å². The number of carbonyl (C=O) groups excluding carboxylic acids is 1. The molecule has 0 saturated carbocycles. The number of hydrogen-bond donors (Lipinski definition) is 1. The highest BCUT2D eigenvalue weighted by molar-refractivity contribution is 6.67. The van der Waals surface area contributed by atoms with Gasteiger partial charge in [-0.05, 0) is 17.8 Å². The Morgan fingerprint density at radius 2 is 2.27 bits per heavy atom. The van der Waals surface area contributed by atoms with Crippen LogP contribution in [0.5, 0.6) is 0 Å². The van der Waals surface area contributed by atoms with E-state index in [2.05, 4.69) is 11.6 Å². The second-order valence-electron chi connectivity index (χ2n) is 1.65. The molecule has 0 aromatic rings. The first-order valence-electron chi connectivity index (χ1n) is 2.68. The number of aliphatic imine (C=N–C) groups is 1. The Morgan fingerprint density at radius 1 is 1.73 bits per heavy atom. The highest BCUT2D eigenvalue weighted by Gasteiger charge is 1.97. The molecular weight excluding hydrogens is 162 g/mol. The Morgan fingerprint density at radius 3 is 2.64 bits per heavy atom. The molecule has 11 heavy (non-hydrogen) atoms. The van der Waals surface area contributed by atoms with E-state index in [1.165, 1.54) is 6.21 Å². The molecule has 0 aliphatic carbocycles. The zero-order valence-electron chi connectivity index (χ0n) is 5.75. The standard InChI is InChI=1S/C6H6BClN2O/c1-4(6(8)11)10-3-5(7)2-9/h2-3H,1,9H2/b5-2+,10-3?. The second kappa shape index (κ2) is 4.74. The number of rotatable bonds is 3. The molecule has 2 N–H and O–H groups in total. The van der Waals surface area contributed by atoms with Crippen molar-refractivity contribution in [3.8, 4) is 0 Å². The van der Waals surface area contributed by atoms with E-state index in [1.54, 1.807) is 0 Å². The van der Waals surface area contributed by atoms with Gasteiger partial charge in [-0.15, -0.1) is 0 Å². The Labute approximate surface area is 71.0 Å². The molecule has 0 aliphatic rings. The summed E-state index contributed by atoms with van der Waals surface area (Å²) in [6.45, 7) is 3.26. The van der Waals surface area contributed by atoms with E-state index in [0.29, 0.717) is 0 Å². The van der Waals surface area contributed by atoms with Crippen molar-refractivity contribution in [2.75, 3.05) is 0 Å². The maximum absolute atomic E-state index is 10.3. The van der Waals surface area contributed by atoms with Crippen molar-refractivity contribution >= 4 is 30.9 Å². The van der Waals surface area contributed by atoms with Gasteiger partial charge in [-0.2, -0.15) is 0 Å². The first kappa shape index (κ1) is 9.97.